The SMILES string of the molecule is CC(=O)CCCCC(=O)NCC(=O)NC(CCCNC(N)=O)C(=O)C(C)(C)C. The number of carbonyl (C=O) groups is 5. The Morgan fingerprint density at radius 1 is 0.893 bits per heavy atom. The molecule has 0 fully saturated rings. The molecule has 0 saturated heterocycles. The summed E-state index contributed by atoms with van der Waals surface area (Å²) in [5.41, 5.74) is 4.36. The van der Waals surface area contributed by atoms with Crippen molar-refractivity contribution in [2.24, 2.45) is 11.1 Å². The van der Waals surface area contributed by atoms with Gasteiger partial charge in [-0.05, 0) is 32.6 Å². The van der Waals surface area contributed by atoms with Crippen molar-refractivity contribution in [1.82, 2.24) is 16.0 Å². The Kier molecular flexibility index (Phi) is 11.7. The lowest BCUT2D eigenvalue weighted by molar-refractivity contribution is -0.132. The van der Waals surface area contributed by atoms with Crippen molar-refractivity contribution in [2.45, 2.75) is 72.3 Å². The van der Waals surface area contributed by atoms with Gasteiger partial charge >= 0.3 is 6.03 Å². The number of hydrogen-bond donors (Lipinski definition) is 4. The van der Waals surface area contributed by atoms with Crippen LogP contribution in [0.4, 0.5) is 4.79 Å². The normalized spacial score (nSPS) is 12.0. The molecule has 28 heavy (non-hydrogen) atoms. The number of nitrogens with one attached hydrogen (secondary N) is 3. The van der Waals surface area contributed by atoms with Gasteiger partial charge in [0.25, 0.3) is 0 Å². The van der Waals surface area contributed by atoms with Gasteiger partial charge in [0, 0.05) is 24.8 Å². The number of nitrogens with two attached hydrogens (primary N) is 1. The van der Waals surface area contributed by atoms with E-state index in [0.717, 1.165) is 0 Å². The predicted octanol–water partition coefficient (Wildman–Crippen LogP) is 0.801. The fourth-order valence-electron chi connectivity index (χ4n) is 2.48. The molecule has 0 aliphatic heterocycles. The molecule has 0 radical (unpaired) electrons. The first-order chi connectivity index (χ1) is 12.9. The van der Waals surface area contributed by atoms with E-state index in [1.165, 1.54) is 6.92 Å². The molecule has 160 valence electrons. The van der Waals surface area contributed by atoms with Gasteiger partial charge in [0.05, 0.1) is 12.6 Å². The molecule has 0 aliphatic carbocycles. The van der Waals surface area contributed by atoms with Crippen molar-refractivity contribution in [3.05, 3.63) is 0 Å². The summed E-state index contributed by atoms with van der Waals surface area (Å²) in [5, 5.41) is 7.61. The van der Waals surface area contributed by atoms with E-state index in [1.54, 1.807) is 20.8 Å². The molecular formula is C19H34N4O5. The summed E-state index contributed by atoms with van der Waals surface area (Å²) >= 11 is 0. The van der Waals surface area contributed by atoms with Crippen molar-refractivity contribution in [3.63, 3.8) is 0 Å². The fourth-order valence-corrected chi connectivity index (χ4v) is 2.48. The van der Waals surface area contributed by atoms with E-state index in [1.807, 2.05) is 0 Å². The Balaban J connectivity index is 4.45. The second-order valence-electron chi connectivity index (χ2n) is 7.85. The van der Waals surface area contributed by atoms with Crippen LogP contribution in [-0.2, 0) is 19.2 Å². The van der Waals surface area contributed by atoms with E-state index in [4.69, 9.17) is 5.73 Å². The second-order valence-corrected chi connectivity index (χ2v) is 7.85. The number of amides is 4. The number of rotatable bonds is 13. The monoisotopic (exact) mass is 398 g/mol. The molecule has 1 atom stereocenters. The lowest BCUT2D eigenvalue weighted by atomic mass is 9.85. The number of primary amides is 1. The van der Waals surface area contributed by atoms with Crippen molar-refractivity contribution in [3.8, 4) is 0 Å². The summed E-state index contributed by atoms with van der Waals surface area (Å²) < 4.78 is 0. The van der Waals surface area contributed by atoms with Crippen LogP contribution in [0.15, 0.2) is 0 Å². The molecule has 9 nitrogen and oxygen atoms in total. The number of urea groups is 1. The van der Waals surface area contributed by atoms with Crippen LogP contribution in [0.1, 0.15) is 66.2 Å². The first kappa shape index (κ1) is 25.6. The maximum absolute atomic E-state index is 12.6. The third-order valence-corrected chi connectivity index (χ3v) is 3.99. The van der Waals surface area contributed by atoms with Crippen LogP contribution in [0.25, 0.3) is 0 Å². The zero-order valence-electron chi connectivity index (χ0n) is 17.4. The van der Waals surface area contributed by atoms with Gasteiger partial charge in [0.2, 0.25) is 11.8 Å². The molecule has 0 spiro atoms. The van der Waals surface area contributed by atoms with Crippen LogP contribution in [0, 0.1) is 5.41 Å². The van der Waals surface area contributed by atoms with Crippen LogP contribution in [-0.4, -0.2) is 48.5 Å². The Hall–Kier alpha value is -2.45. The van der Waals surface area contributed by atoms with E-state index in [9.17, 15) is 24.0 Å². The van der Waals surface area contributed by atoms with Crippen LogP contribution in [0.5, 0.6) is 0 Å². The van der Waals surface area contributed by atoms with Crippen LogP contribution < -0.4 is 21.7 Å². The van der Waals surface area contributed by atoms with Gasteiger partial charge in [-0.3, -0.25) is 14.4 Å². The quantitative estimate of drug-likeness (QED) is 0.339. The Morgan fingerprint density at radius 3 is 2.04 bits per heavy atom. The summed E-state index contributed by atoms with van der Waals surface area (Å²) in [6.07, 6.45) is 2.71. The third kappa shape index (κ3) is 12.8. The summed E-state index contributed by atoms with van der Waals surface area (Å²) in [6.45, 7) is 6.87. The van der Waals surface area contributed by atoms with Crippen molar-refractivity contribution in [1.29, 1.82) is 0 Å². The largest absolute Gasteiger partial charge is 0.352 e. The second kappa shape index (κ2) is 12.9. The molecule has 9 heteroatoms. The molecule has 0 bridgehead atoms. The zero-order valence-corrected chi connectivity index (χ0v) is 17.4. The van der Waals surface area contributed by atoms with Crippen LogP contribution >= 0.6 is 0 Å². The first-order valence-corrected chi connectivity index (χ1v) is 9.56. The Morgan fingerprint density at radius 2 is 1.50 bits per heavy atom. The van der Waals surface area contributed by atoms with Gasteiger partial charge in [-0.25, -0.2) is 4.79 Å². The summed E-state index contributed by atoms with van der Waals surface area (Å²) in [5.74, 6) is -0.776. The molecule has 0 aromatic carbocycles. The van der Waals surface area contributed by atoms with Crippen molar-refractivity contribution >= 4 is 29.4 Å². The van der Waals surface area contributed by atoms with Crippen molar-refractivity contribution in [2.75, 3.05) is 13.1 Å². The minimum atomic E-state index is -0.713. The Bertz CT molecular complexity index is 569. The molecule has 0 aromatic heterocycles. The molecule has 5 N–H and O–H groups in total. The van der Waals surface area contributed by atoms with Gasteiger partial charge in [-0.1, -0.05) is 20.8 Å². The van der Waals surface area contributed by atoms with Gasteiger partial charge < -0.3 is 26.5 Å². The molecule has 4 amide bonds. The molecule has 0 rings (SSSR count). The predicted molar refractivity (Wildman–Crippen MR) is 105 cm³/mol. The average Bonchev–Trinajstić information content (AvgIpc) is 2.57. The maximum atomic E-state index is 12.6. The molecule has 0 aliphatic rings. The minimum Gasteiger partial charge on any atom is -0.352 e. The summed E-state index contributed by atoms with van der Waals surface area (Å²) in [6, 6.07) is -1.36. The van der Waals surface area contributed by atoms with Gasteiger partial charge in [-0.2, -0.15) is 0 Å². The lowest BCUT2D eigenvalue weighted by Crippen LogP contribution is -2.49. The number of carbonyl (C=O) groups excluding carboxylic acids is 5. The van der Waals surface area contributed by atoms with E-state index in [0.29, 0.717) is 38.6 Å². The fraction of sp³-hybridized carbons (Fsp3) is 0.737. The number of unbranched alkanes of at least 4 members (excludes halogenated alkanes) is 1. The minimum absolute atomic E-state index is 0.0837. The average molecular weight is 399 g/mol. The molecule has 0 saturated carbocycles. The highest BCUT2D eigenvalue weighted by Gasteiger charge is 2.30. The zero-order chi connectivity index (χ0) is 21.7. The van der Waals surface area contributed by atoms with Gasteiger partial charge in [0.15, 0.2) is 5.78 Å². The highest BCUT2D eigenvalue weighted by atomic mass is 16.2. The van der Waals surface area contributed by atoms with Crippen LogP contribution in [0.3, 0.4) is 0 Å². The van der Waals surface area contributed by atoms with Crippen molar-refractivity contribution < 1.29 is 24.0 Å². The van der Waals surface area contributed by atoms with Gasteiger partial charge in [0.1, 0.15) is 5.78 Å². The number of ketones is 2. The summed E-state index contributed by atoms with van der Waals surface area (Å²) in [7, 11) is 0. The smallest absolute Gasteiger partial charge is 0.312 e. The van der Waals surface area contributed by atoms with Crippen LogP contribution in [0.2, 0.25) is 0 Å². The van der Waals surface area contributed by atoms with E-state index < -0.39 is 23.4 Å². The Labute approximate surface area is 166 Å². The van der Waals surface area contributed by atoms with E-state index >= 15 is 0 Å². The molecule has 1 unspecified atom stereocenters. The molecular weight excluding hydrogens is 364 g/mol. The molecule has 0 aromatic rings. The van der Waals surface area contributed by atoms with E-state index in [-0.39, 0.29) is 30.4 Å². The number of hydrogen-bond acceptors (Lipinski definition) is 5. The third-order valence-electron chi connectivity index (χ3n) is 3.99. The highest BCUT2D eigenvalue weighted by Crippen LogP contribution is 2.19. The summed E-state index contributed by atoms with van der Waals surface area (Å²) in [4.78, 5) is 58.0. The molecule has 0 heterocycles. The first-order valence-electron chi connectivity index (χ1n) is 9.56. The lowest BCUT2D eigenvalue weighted by Gasteiger charge is -2.25. The highest BCUT2D eigenvalue weighted by molar-refractivity contribution is 5.93. The topological polar surface area (TPSA) is 147 Å². The standard InChI is InChI=1S/C19H34N4O5/c1-13(24)8-5-6-10-15(25)22-12-16(26)23-14(17(27)19(2,3)4)9-7-11-21-18(20)28/h14H,5-12H2,1-4H3,(H,22,25)(H,23,26)(H3,20,21,28). The maximum Gasteiger partial charge on any atom is 0.312 e. The number of Topliss-reactive ketones (excluding diaryl/α,β-unsaturated/α-hetero) is 2. The van der Waals surface area contributed by atoms with E-state index in [2.05, 4.69) is 16.0 Å². The van der Waals surface area contributed by atoms with Gasteiger partial charge in [-0.15, -0.1) is 0 Å².